The van der Waals surface area contributed by atoms with E-state index in [0.717, 1.165) is 122 Å². The Hall–Kier alpha value is -3.36. The number of quaternary nitrogens is 1. The van der Waals surface area contributed by atoms with Crippen LogP contribution in [0.15, 0.2) is 134 Å². The second kappa shape index (κ2) is 49.6. The molecule has 8 nitrogen and oxygen atoms in total. The summed E-state index contributed by atoms with van der Waals surface area (Å²) >= 11 is 0. The van der Waals surface area contributed by atoms with E-state index in [1.807, 2.05) is 21.1 Å². The van der Waals surface area contributed by atoms with Gasteiger partial charge in [0.15, 0.2) is 0 Å². The third-order valence-electron chi connectivity index (χ3n) is 11.2. The van der Waals surface area contributed by atoms with Gasteiger partial charge in [-0.15, -0.1) is 0 Å². The lowest BCUT2D eigenvalue weighted by molar-refractivity contribution is -0.870. The van der Waals surface area contributed by atoms with E-state index < -0.39 is 20.0 Å². The van der Waals surface area contributed by atoms with Crippen LogP contribution in [0.4, 0.5) is 0 Å². The Labute approximate surface area is 424 Å². The molecule has 0 saturated carbocycles. The van der Waals surface area contributed by atoms with Crippen LogP contribution in [0.1, 0.15) is 187 Å². The van der Waals surface area contributed by atoms with E-state index in [1.165, 1.54) is 38.5 Å². The Morgan fingerprint density at radius 1 is 0.522 bits per heavy atom. The summed E-state index contributed by atoms with van der Waals surface area (Å²) in [6, 6.07) is -0.812. The zero-order valence-electron chi connectivity index (χ0n) is 44.5. The normalized spacial score (nSPS) is 15.1. The van der Waals surface area contributed by atoms with Crippen molar-refractivity contribution in [2.24, 2.45) is 0 Å². The molecule has 3 atom stereocenters. The van der Waals surface area contributed by atoms with E-state index >= 15 is 0 Å². The van der Waals surface area contributed by atoms with E-state index in [2.05, 4.69) is 153 Å². The topological polar surface area (TPSA) is 108 Å². The Morgan fingerprint density at radius 2 is 0.884 bits per heavy atom. The first kappa shape index (κ1) is 65.6. The number of nitrogens with one attached hydrogen (secondary N) is 1. The molecule has 0 heterocycles. The standard InChI is InChI=1S/C60H101N2O6P/c1-6-8-10-12-14-15-16-17-18-19-20-21-22-23-24-25-26-27-28-29-30-31-32-33-34-35-36-37-38-39-40-41-42-43-44-45-46-47-48-50-52-54-60(64)61-58(59(63)53-51-49-13-11-9-7-2)57-68-69(65,66)67-56-55-62(3,4)5/h8,10,14-15,17-18,20-21,23-24,26-27,29-30,32-33,35-36,38-39,41-42,58-59,63H,6-7,9,11-13,16,19,22,25,28,31,34,37,40,43-57H2,1-5H3,(H-,61,64,65,66)/b10-8-,15-14-,18-17-,21-20-,24-23-,27-26-,30-29-,33-32-,36-35-,39-38-,42-41-. The van der Waals surface area contributed by atoms with Crippen molar-refractivity contribution in [2.45, 2.75) is 199 Å². The van der Waals surface area contributed by atoms with Gasteiger partial charge < -0.3 is 28.8 Å². The van der Waals surface area contributed by atoms with Crippen molar-refractivity contribution >= 4 is 13.7 Å². The van der Waals surface area contributed by atoms with Gasteiger partial charge in [-0.1, -0.05) is 218 Å². The number of phosphoric ester groups is 1. The summed E-state index contributed by atoms with van der Waals surface area (Å²) in [7, 11) is 1.27. The maximum atomic E-state index is 12.8. The Kier molecular flexibility index (Phi) is 47.2. The second-order valence-electron chi connectivity index (χ2n) is 18.9. The van der Waals surface area contributed by atoms with Crippen molar-refractivity contribution in [3.05, 3.63) is 134 Å². The number of carbonyl (C=O) groups is 1. The number of aliphatic hydroxyl groups is 1. The summed E-state index contributed by atoms with van der Waals surface area (Å²) in [5.74, 6) is -0.188. The fourth-order valence-corrected chi connectivity index (χ4v) is 7.65. The van der Waals surface area contributed by atoms with E-state index in [9.17, 15) is 19.4 Å². The lowest BCUT2D eigenvalue weighted by atomic mass is 10.0. The average molecular weight is 977 g/mol. The number of aliphatic hydroxyl groups excluding tert-OH is 1. The Morgan fingerprint density at radius 3 is 1.29 bits per heavy atom. The van der Waals surface area contributed by atoms with Gasteiger partial charge >= 0.3 is 0 Å². The zero-order valence-corrected chi connectivity index (χ0v) is 45.3. The molecular formula is C60H101N2O6P. The molecule has 0 aliphatic heterocycles. The van der Waals surface area contributed by atoms with E-state index in [0.29, 0.717) is 23.9 Å². The highest BCUT2D eigenvalue weighted by Gasteiger charge is 2.24. The molecule has 0 aromatic rings. The molecule has 9 heteroatoms. The number of likely N-dealkylation sites (N-methyl/N-ethyl adjacent to an activating group) is 1. The molecule has 392 valence electrons. The number of unbranched alkanes of at least 4 members (excludes halogenated alkanes) is 12. The predicted octanol–water partition coefficient (Wildman–Crippen LogP) is 15.7. The highest BCUT2D eigenvalue weighted by molar-refractivity contribution is 7.45. The summed E-state index contributed by atoms with van der Waals surface area (Å²) in [6.07, 6.45) is 75.2. The Balaban J connectivity index is 3.99. The van der Waals surface area contributed by atoms with Crippen molar-refractivity contribution in [1.29, 1.82) is 0 Å². The monoisotopic (exact) mass is 977 g/mol. The fourth-order valence-electron chi connectivity index (χ4n) is 6.92. The van der Waals surface area contributed by atoms with Crippen molar-refractivity contribution in [2.75, 3.05) is 40.9 Å². The van der Waals surface area contributed by atoms with Crippen molar-refractivity contribution in [3.63, 3.8) is 0 Å². The SMILES string of the molecule is CC/C=C\C/C=C\C/C=C\C/C=C\C/C=C\C/C=C\C/C=C\C/C=C\C/C=C\C/C=C\C/C=C\CCCCCCCCCC(=O)NC(COP(=O)([O-])OCC[N+](C)(C)C)C(O)CCCCCCCC. The van der Waals surface area contributed by atoms with Crippen LogP contribution in [0.5, 0.6) is 0 Å². The minimum atomic E-state index is -4.57. The number of rotatable bonds is 47. The van der Waals surface area contributed by atoms with Gasteiger partial charge in [-0.05, 0) is 96.3 Å². The van der Waals surface area contributed by atoms with Crippen molar-refractivity contribution in [3.8, 4) is 0 Å². The minimum absolute atomic E-state index is 0.00239. The third-order valence-corrected chi connectivity index (χ3v) is 12.1. The van der Waals surface area contributed by atoms with Crippen LogP contribution in [0.3, 0.4) is 0 Å². The molecule has 0 radical (unpaired) electrons. The molecule has 0 fully saturated rings. The van der Waals surface area contributed by atoms with E-state index in [1.54, 1.807) is 0 Å². The highest BCUT2D eigenvalue weighted by atomic mass is 31.2. The number of nitrogens with zero attached hydrogens (tertiary/aromatic N) is 1. The number of carbonyl (C=O) groups excluding carboxylic acids is 1. The first-order valence-electron chi connectivity index (χ1n) is 27.0. The smallest absolute Gasteiger partial charge is 0.268 e. The van der Waals surface area contributed by atoms with Crippen molar-refractivity contribution < 1.29 is 32.9 Å². The van der Waals surface area contributed by atoms with Gasteiger partial charge in [-0.3, -0.25) is 9.36 Å². The maximum absolute atomic E-state index is 12.8. The summed E-state index contributed by atoms with van der Waals surface area (Å²) in [6.45, 7) is 4.49. The minimum Gasteiger partial charge on any atom is -0.756 e. The summed E-state index contributed by atoms with van der Waals surface area (Å²) in [5.41, 5.74) is 0. The lowest BCUT2D eigenvalue weighted by Crippen LogP contribution is -2.46. The van der Waals surface area contributed by atoms with Crippen LogP contribution in [-0.4, -0.2) is 68.5 Å². The first-order chi connectivity index (χ1) is 33.5. The van der Waals surface area contributed by atoms with Crippen LogP contribution in [0.25, 0.3) is 0 Å². The maximum Gasteiger partial charge on any atom is 0.268 e. The number of hydrogen-bond donors (Lipinski definition) is 2. The fraction of sp³-hybridized carbons (Fsp3) is 0.617. The molecular weight excluding hydrogens is 876 g/mol. The van der Waals surface area contributed by atoms with Gasteiger partial charge in [0.05, 0.1) is 39.9 Å². The van der Waals surface area contributed by atoms with Gasteiger partial charge in [0, 0.05) is 6.42 Å². The number of allylic oxidation sites excluding steroid dienone is 22. The molecule has 0 spiro atoms. The third kappa shape index (κ3) is 52.3. The van der Waals surface area contributed by atoms with Crippen LogP contribution >= 0.6 is 7.82 Å². The van der Waals surface area contributed by atoms with E-state index in [-0.39, 0.29) is 19.1 Å². The zero-order chi connectivity index (χ0) is 50.6. The largest absolute Gasteiger partial charge is 0.756 e. The molecule has 0 rings (SSSR count). The molecule has 0 aromatic carbocycles. The molecule has 2 N–H and O–H groups in total. The lowest BCUT2D eigenvalue weighted by Gasteiger charge is -2.30. The van der Waals surface area contributed by atoms with Gasteiger partial charge in [0.1, 0.15) is 13.2 Å². The first-order valence-corrected chi connectivity index (χ1v) is 28.5. The Bertz CT molecular complexity index is 1580. The predicted molar refractivity (Wildman–Crippen MR) is 297 cm³/mol. The second-order valence-corrected chi connectivity index (χ2v) is 20.3. The van der Waals surface area contributed by atoms with Gasteiger partial charge in [0.2, 0.25) is 5.91 Å². The van der Waals surface area contributed by atoms with Crippen LogP contribution in [0.2, 0.25) is 0 Å². The van der Waals surface area contributed by atoms with Crippen LogP contribution < -0.4 is 10.2 Å². The molecule has 1 amide bonds. The molecule has 0 saturated heterocycles. The summed E-state index contributed by atoms with van der Waals surface area (Å²) in [4.78, 5) is 25.2. The average Bonchev–Trinajstić information content (AvgIpc) is 3.31. The van der Waals surface area contributed by atoms with Gasteiger partial charge in [-0.25, -0.2) is 0 Å². The summed E-state index contributed by atoms with van der Waals surface area (Å²) < 4.78 is 23.1. The number of phosphoric acid groups is 1. The quantitative estimate of drug-likeness (QED) is 0.0272. The molecule has 3 unspecified atom stereocenters. The van der Waals surface area contributed by atoms with Crippen molar-refractivity contribution in [1.82, 2.24) is 5.32 Å². The van der Waals surface area contributed by atoms with Gasteiger partial charge in [0.25, 0.3) is 7.82 Å². The molecule has 0 aliphatic rings. The number of amides is 1. The summed E-state index contributed by atoms with van der Waals surface area (Å²) in [5, 5.41) is 13.8. The van der Waals surface area contributed by atoms with Crippen LogP contribution in [-0.2, 0) is 18.4 Å². The van der Waals surface area contributed by atoms with Crippen LogP contribution in [0, 0.1) is 0 Å². The molecule has 0 bridgehead atoms. The van der Waals surface area contributed by atoms with Gasteiger partial charge in [-0.2, -0.15) is 0 Å². The number of hydrogen-bond acceptors (Lipinski definition) is 6. The molecule has 0 aromatic heterocycles. The highest BCUT2D eigenvalue weighted by Crippen LogP contribution is 2.38. The molecule has 69 heavy (non-hydrogen) atoms. The van der Waals surface area contributed by atoms with E-state index in [4.69, 9.17) is 9.05 Å². The molecule has 0 aliphatic carbocycles.